The van der Waals surface area contributed by atoms with Gasteiger partial charge in [-0.2, -0.15) is 0 Å². The van der Waals surface area contributed by atoms with Crippen LogP contribution in [0.25, 0.3) is 5.65 Å². The largest absolute Gasteiger partial charge is 0.497 e. The Kier molecular flexibility index (Phi) is 3.50. The summed E-state index contributed by atoms with van der Waals surface area (Å²) in [5, 5.41) is 10.6. The number of pyridine rings is 1. The zero-order valence-electron chi connectivity index (χ0n) is 11.9. The SMILES string of the molecule is COc1ccc(C(O)c2cn3ccccc3n2)c(OC)c1. The topological polar surface area (TPSA) is 56.0 Å². The number of benzene rings is 1. The molecule has 0 aliphatic heterocycles. The van der Waals surface area contributed by atoms with Crippen molar-refractivity contribution in [3.8, 4) is 11.5 Å². The fourth-order valence-electron chi connectivity index (χ4n) is 2.29. The maximum absolute atomic E-state index is 10.6. The fourth-order valence-corrected chi connectivity index (χ4v) is 2.29. The smallest absolute Gasteiger partial charge is 0.137 e. The second kappa shape index (κ2) is 5.46. The molecule has 0 aliphatic carbocycles. The molecule has 1 atom stereocenters. The lowest BCUT2D eigenvalue weighted by molar-refractivity contribution is 0.210. The molecule has 0 radical (unpaired) electrons. The summed E-state index contributed by atoms with van der Waals surface area (Å²) in [6.45, 7) is 0. The van der Waals surface area contributed by atoms with E-state index in [1.807, 2.05) is 35.0 Å². The number of aliphatic hydroxyl groups excluding tert-OH is 1. The third-order valence-electron chi connectivity index (χ3n) is 3.40. The molecule has 0 saturated heterocycles. The van der Waals surface area contributed by atoms with E-state index in [0.717, 1.165) is 5.65 Å². The molecule has 0 saturated carbocycles. The molecule has 5 heteroatoms. The summed E-state index contributed by atoms with van der Waals surface area (Å²) in [4.78, 5) is 4.43. The third kappa shape index (κ3) is 2.43. The molecule has 0 amide bonds. The Morgan fingerprint density at radius 3 is 2.71 bits per heavy atom. The quantitative estimate of drug-likeness (QED) is 0.799. The van der Waals surface area contributed by atoms with Crippen molar-refractivity contribution >= 4 is 5.65 Å². The Hall–Kier alpha value is -2.53. The molecule has 21 heavy (non-hydrogen) atoms. The number of aromatic nitrogens is 2. The molecule has 5 nitrogen and oxygen atoms in total. The van der Waals surface area contributed by atoms with E-state index in [1.165, 1.54) is 0 Å². The second-order valence-corrected chi connectivity index (χ2v) is 4.64. The van der Waals surface area contributed by atoms with Crippen LogP contribution >= 0.6 is 0 Å². The van der Waals surface area contributed by atoms with Crippen molar-refractivity contribution in [3.05, 3.63) is 60.0 Å². The standard InChI is InChI=1S/C16H16N2O3/c1-20-11-6-7-12(14(9-11)21-2)16(19)13-10-18-8-4-3-5-15(18)17-13/h3-10,16,19H,1-2H3. The number of ether oxygens (including phenoxy) is 2. The average Bonchev–Trinajstić information content (AvgIpc) is 2.97. The van der Waals surface area contributed by atoms with E-state index in [4.69, 9.17) is 9.47 Å². The Labute approximate surface area is 122 Å². The minimum absolute atomic E-state index is 0.568. The first-order valence-corrected chi connectivity index (χ1v) is 6.56. The molecule has 0 bridgehead atoms. The maximum Gasteiger partial charge on any atom is 0.137 e. The summed E-state index contributed by atoms with van der Waals surface area (Å²) in [7, 11) is 3.15. The van der Waals surface area contributed by atoms with Crippen molar-refractivity contribution in [2.45, 2.75) is 6.10 Å². The van der Waals surface area contributed by atoms with E-state index in [2.05, 4.69) is 4.98 Å². The van der Waals surface area contributed by atoms with Crippen LogP contribution in [0.5, 0.6) is 11.5 Å². The summed E-state index contributed by atoms with van der Waals surface area (Å²) in [5.41, 5.74) is 2.02. The predicted molar refractivity (Wildman–Crippen MR) is 78.8 cm³/mol. The number of imidazole rings is 1. The van der Waals surface area contributed by atoms with Gasteiger partial charge in [0.2, 0.25) is 0 Å². The number of hydrogen-bond donors (Lipinski definition) is 1. The van der Waals surface area contributed by atoms with Gasteiger partial charge in [0.05, 0.1) is 19.9 Å². The van der Waals surface area contributed by atoms with E-state index in [0.29, 0.717) is 22.8 Å². The van der Waals surface area contributed by atoms with E-state index < -0.39 is 6.10 Å². The molecule has 0 spiro atoms. The second-order valence-electron chi connectivity index (χ2n) is 4.64. The molecule has 0 aliphatic rings. The van der Waals surface area contributed by atoms with Crippen LogP contribution in [-0.4, -0.2) is 28.7 Å². The van der Waals surface area contributed by atoms with Crippen LogP contribution < -0.4 is 9.47 Å². The van der Waals surface area contributed by atoms with Crippen LogP contribution in [-0.2, 0) is 0 Å². The van der Waals surface area contributed by atoms with Gasteiger partial charge in [0.1, 0.15) is 23.3 Å². The van der Waals surface area contributed by atoms with Crippen molar-refractivity contribution in [2.24, 2.45) is 0 Å². The van der Waals surface area contributed by atoms with Gasteiger partial charge in [-0.25, -0.2) is 4.98 Å². The van der Waals surface area contributed by atoms with Gasteiger partial charge in [-0.1, -0.05) is 6.07 Å². The van der Waals surface area contributed by atoms with Crippen molar-refractivity contribution in [2.75, 3.05) is 14.2 Å². The predicted octanol–water partition coefficient (Wildman–Crippen LogP) is 2.43. The summed E-state index contributed by atoms with van der Waals surface area (Å²) in [5.74, 6) is 1.25. The van der Waals surface area contributed by atoms with Crippen molar-refractivity contribution in [1.29, 1.82) is 0 Å². The highest BCUT2D eigenvalue weighted by molar-refractivity contribution is 5.46. The van der Waals surface area contributed by atoms with E-state index in [1.54, 1.807) is 32.4 Å². The molecule has 1 unspecified atom stereocenters. The molecular formula is C16H16N2O3. The Morgan fingerprint density at radius 1 is 1.14 bits per heavy atom. The van der Waals surface area contributed by atoms with Crippen LogP contribution in [0, 0.1) is 0 Å². The molecule has 0 fully saturated rings. The van der Waals surface area contributed by atoms with Gasteiger partial charge in [0.25, 0.3) is 0 Å². The highest BCUT2D eigenvalue weighted by Crippen LogP contribution is 2.32. The number of nitrogens with zero attached hydrogens (tertiary/aromatic N) is 2. The number of hydrogen-bond acceptors (Lipinski definition) is 4. The number of rotatable bonds is 4. The Morgan fingerprint density at radius 2 is 2.00 bits per heavy atom. The van der Waals surface area contributed by atoms with E-state index in [9.17, 15) is 5.11 Å². The Bertz CT molecular complexity index is 734. The van der Waals surface area contributed by atoms with Crippen LogP contribution in [0.4, 0.5) is 0 Å². The molecule has 3 aromatic rings. The summed E-state index contributed by atoms with van der Waals surface area (Å²) < 4.78 is 12.4. The van der Waals surface area contributed by atoms with Gasteiger partial charge in [-0.05, 0) is 24.3 Å². The zero-order chi connectivity index (χ0) is 14.8. The maximum atomic E-state index is 10.6. The van der Waals surface area contributed by atoms with Gasteiger partial charge < -0.3 is 19.0 Å². The molecule has 1 aromatic carbocycles. The lowest BCUT2D eigenvalue weighted by Gasteiger charge is -2.14. The zero-order valence-corrected chi connectivity index (χ0v) is 11.9. The fraction of sp³-hybridized carbons (Fsp3) is 0.188. The Balaban J connectivity index is 2.02. The van der Waals surface area contributed by atoms with Crippen LogP contribution in [0.15, 0.2) is 48.8 Å². The van der Waals surface area contributed by atoms with Crippen molar-refractivity contribution in [3.63, 3.8) is 0 Å². The van der Waals surface area contributed by atoms with E-state index >= 15 is 0 Å². The minimum Gasteiger partial charge on any atom is -0.497 e. The average molecular weight is 284 g/mol. The number of methoxy groups -OCH3 is 2. The third-order valence-corrected chi connectivity index (χ3v) is 3.40. The van der Waals surface area contributed by atoms with Gasteiger partial charge in [0, 0.05) is 24.0 Å². The molecule has 3 rings (SSSR count). The van der Waals surface area contributed by atoms with Crippen molar-refractivity contribution in [1.82, 2.24) is 9.38 Å². The first-order valence-electron chi connectivity index (χ1n) is 6.56. The van der Waals surface area contributed by atoms with Gasteiger partial charge in [-0.3, -0.25) is 0 Å². The number of aliphatic hydroxyl groups is 1. The lowest BCUT2D eigenvalue weighted by atomic mass is 10.1. The first-order chi connectivity index (χ1) is 10.2. The van der Waals surface area contributed by atoms with Gasteiger partial charge in [-0.15, -0.1) is 0 Å². The number of fused-ring (bicyclic) bond motifs is 1. The highest BCUT2D eigenvalue weighted by Gasteiger charge is 2.19. The minimum atomic E-state index is -0.856. The van der Waals surface area contributed by atoms with Crippen molar-refractivity contribution < 1.29 is 14.6 Å². The lowest BCUT2D eigenvalue weighted by Crippen LogP contribution is -2.03. The van der Waals surface area contributed by atoms with Gasteiger partial charge >= 0.3 is 0 Å². The molecule has 2 aromatic heterocycles. The summed E-state index contributed by atoms with van der Waals surface area (Å²) in [6, 6.07) is 11.0. The van der Waals surface area contributed by atoms with Crippen LogP contribution in [0.3, 0.4) is 0 Å². The molecule has 108 valence electrons. The highest BCUT2D eigenvalue weighted by atomic mass is 16.5. The van der Waals surface area contributed by atoms with Crippen LogP contribution in [0.2, 0.25) is 0 Å². The normalized spacial score (nSPS) is 12.3. The monoisotopic (exact) mass is 284 g/mol. The van der Waals surface area contributed by atoms with E-state index in [-0.39, 0.29) is 0 Å². The first kappa shape index (κ1) is 13.5. The molecular weight excluding hydrogens is 268 g/mol. The van der Waals surface area contributed by atoms with Crippen LogP contribution in [0.1, 0.15) is 17.4 Å². The van der Waals surface area contributed by atoms with Gasteiger partial charge in [0.15, 0.2) is 0 Å². The summed E-state index contributed by atoms with van der Waals surface area (Å²) in [6.07, 6.45) is 2.85. The molecule has 1 N–H and O–H groups in total. The molecule has 2 heterocycles. The summed E-state index contributed by atoms with van der Waals surface area (Å²) >= 11 is 0.